The van der Waals surface area contributed by atoms with Crippen molar-refractivity contribution >= 4 is 0 Å². The van der Waals surface area contributed by atoms with Gasteiger partial charge in [-0.2, -0.15) is 0 Å². The maximum absolute atomic E-state index is 2.44. The first-order valence-electron chi connectivity index (χ1n) is 53.4. The lowest BCUT2D eigenvalue weighted by Gasteiger charge is -2.48. The zero-order valence-corrected chi connectivity index (χ0v) is 107. The Hall–Kier alpha value is -0.520. The van der Waals surface area contributed by atoms with E-state index in [2.05, 4.69) is 619 Å². The van der Waals surface area contributed by atoms with Crippen molar-refractivity contribution in [3.05, 3.63) is 0 Å². The van der Waals surface area contributed by atoms with Crippen molar-refractivity contribution in [3.8, 4) is 0 Å². The third-order valence-corrected chi connectivity index (χ3v) is 31.0. The Morgan fingerprint density at radius 3 is 0.573 bits per heavy atom. The highest BCUT2D eigenvalue weighted by Crippen LogP contribution is 2.37. The molecular weight excluding hydrogens is 1600 g/mol. The molecule has 0 aliphatic carbocycles. The fraction of sp³-hybridized carbons (Fsp3) is 1.00. The van der Waals surface area contributed by atoms with Crippen LogP contribution in [0.2, 0.25) is 0 Å². The molecule has 0 rings (SSSR count). The molecule has 0 aromatic rings. The predicted molar refractivity (Wildman–Crippen MR) is 621 cm³/mol. The van der Waals surface area contributed by atoms with Crippen LogP contribution in [0.1, 0.15) is 491 Å². The molecule has 0 heterocycles. The van der Waals surface area contributed by atoms with Gasteiger partial charge in [-0.3, -0.25) is 29.4 Å². The predicted octanol–water partition coefficient (Wildman–Crippen LogP) is 32.2. The van der Waals surface area contributed by atoms with Crippen molar-refractivity contribution in [2.45, 2.75) is 627 Å². The number of hydrogen-bond acceptors (Lipinski definition) is 13. The van der Waals surface area contributed by atoms with Crippen LogP contribution >= 0.6 is 0 Å². The zero-order chi connectivity index (χ0) is 109. The Balaban J connectivity index is -0.0000000944. The normalized spacial score (nSPS) is 13.7. The van der Waals surface area contributed by atoms with E-state index in [1.165, 1.54) is 38.9 Å². The highest BCUT2D eigenvalue weighted by molar-refractivity contribution is 4.94. The minimum atomic E-state index is 0. The van der Waals surface area contributed by atoms with E-state index in [4.69, 9.17) is 0 Å². The van der Waals surface area contributed by atoms with Crippen LogP contribution in [0.15, 0.2) is 0 Å². The van der Waals surface area contributed by atoms with Crippen LogP contribution in [0, 0.1) is 45.3 Å². The molecule has 0 aromatic heterocycles. The van der Waals surface area contributed by atoms with E-state index >= 15 is 0 Å². The van der Waals surface area contributed by atoms with Crippen molar-refractivity contribution < 1.29 is 0 Å². The Morgan fingerprint density at radius 1 is 0.252 bits per heavy atom. The summed E-state index contributed by atoms with van der Waals surface area (Å²) in [6.45, 7) is 155. The summed E-state index contributed by atoms with van der Waals surface area (Å²) >= 11 is 0. The van der Waals surface area contributed by atoms with Crippen molar-refractivity contribution in [1.29, 1.82) is 0 Å². The highest BCUT2D eigenvalue weighted by atomic mass is 15.2. The highest BCUT2D eigenvalue weighted by Gasteiger charge is 2.39. The molecule has 131 heavy (non-hydrogen) atoms. The van der Waals surface area contributed by atoms with Gasteiger partial charge in [-0.15, -0.1) is 0 Å². The average molecular weight is 1880 g/mol. The van der Waals surface area contributed by atoms with Gasteiger partial charge in [0.1, 0.15) is 0 Å². The summed E-state index contributed by atoms with van der Waals surface area (Å²) in [5.41, 5.74) is 3.27. The fourth-order valence-corrected chi connectivity index (χ4v) is 11.9. The van der Waals surface area contributed by atoms with Crippen LogP contribution in [-0.4, -0.2) is 311 Å². The Kier molecular flexibility index (Phi) is 93.8. The summed E-state index contributed by atoms with van der Waals surface area (Å²) < 4.78 is 0. The number of hydrogen-bond donors (Lipinski definition) is 0. The molecule has 0 saturated heterocycles. The lowest BCUT2D eigenvalue weighted by molar-refractivity contribution is 0.0209. The van der Waals surface area contributed by atoms with Gasteiger partial charge in [-0.25, -0.2) is 0 Å². The molecule has 3 atom stereocenters. The molecule has 0 spiro atoms. The first kappa shape index (κ1) is 161. The molecule has 0 aliphatic heterocycles. The standard InChI is InChI=1S/2C11H25N.3C10H23N.3C9H21N.3C8H19N.2C7H17N.CH4/c2*1-9(2)12(8)11(6,7)10(3,4)5;1-8(2)11(7)9(3)10(4,5)6;2*1-8(2)10(5,6)11(7)9(3)4;1-8(2)10(6)7-9(3,4)5;1-7-9(4,5)10(6)8(2)3;1-7(2)9(5)10(6)8(3)4;1-7(2)9(6)8(3,4)5;1-7(2)6-9(5)8(3)4;1-6-8(4)9(5)7(2)3;1-6(2)8(5)7(3)4;1-5-6-8(4)7(2)3;/h2*9H,1-8H3;3*8-9H,1-7H3;2*8H,7H2,1-6H3;7-9H,1-6H3;7H,1-6H3;2*7-8H,6H2,1-5H3;6-7H,1-5H3;7H,5-6H2,1-4H3;1H4. The third kappa shape index (κ3) is 81.7. The van der Waals surface area contributed by atoms with E-state index in [0.29, 0.717) is 152 Å². The van der Waals surface area contributed by atoms with E-state index < -0.39 is 0 Å². The molecule has 0 N–H and O–H groups in total. The molecule has 0 bridgehead atoms. The van der Waals surface area contributed by atoms with Crippen LogP contribution in [0.5, 0.6) is 0 Å². The largest absolute Gasteiger partial charge is 0.304 e. The van der Waals surface area contributed by atoms with Gasteiger partial charge in [-0.05, 0) is 467 Å². The average Bonchev–Trinajstić information content (AvgIpc) is 0.807. The van der Waals surface area contributed by atoms with Crippen LogP contribution in [0.3, 0.4) is 0 Å². The summed E-state index contributed by atoms with van der Waals surface area (Å²) in [5, 5.41) is 0. The van der Waals surface area contributed by atoms with Gasteiger partial charge in [0.15, 0.2) is 0 Å². The van der Waals surface area contributed by atoms with Crippen molar-refractivity contribution in [2.24, 2.45) is 45.3 Å². The number of nitrogens with zero attached hydrogens (tertiary/aromatic N) is 13. The molecule has 0 saturated carbocycles. The van der Waals surface area contributed by atoms with Gasteiger partial charge in [0.05, 0.1) is 0 Å². The molecular formula is C118H277N13. The molecule has 3 unspecified atom stereocenters. The Labute approximate surface area is 841 Å². The van der Waals surface area contributed by atoms with Crippen molar-refractivity contribution in [2.75, 3.05) is 111 Å². The Morgan fingerprint density at radius 2 is 0.504 bits per heavy atom. The Bertz CT molecular complexity index is 2360. The van der Waals surface area contributed by atoms with E-state index in [-0.39, 0.29) is 18.5 Å². The monoisotopic (exact) mass is 1880 g/mol. The summed E-state index contributed by atoms with van der Waals surface area (Å²) in [6, 6.07) is 11.2. The van der Waals surface area contributed by atoms with Crippen LogP contribution in [0.4, 0.5) is 0 Å². The van der Waals surface area contributed by atoms with E-state index in [9.17, 15) is 0 Å². The van der Waals surface area contributed by atoms with Crippen molar-refractivity contribution in [3.63, 3.8) is 0 Å². The van der Waals surface area contributed by atoms with E-state index in [1.54, 1.807) is 0 Å². The lowest BCUT2D eigenvalue weighted by Crippen LogP contribution is -2.53. The van der Waals surface area contributed by atoms with Gasteiger partial charge < -0.3 is 34.3 Å². The van der Waals surface area contributed by atoms with Crippen LogP contribution in [-0.2, 0) is 0 Å². The molecule has 0 aromatic carbocycles. The summed E-state index contributed by atoms with van der Waals surface area (Å²) in [5.74, 6) is 2.95. The van der Waals surface area contributed by atoms with Crippen molar-refractivity contribution in [1.82, 2.24) is 63.7 Å². The second kappa shape index (κ2) is 76.2. The van der Waals surface area contributed by atoms with Crippen LogP contribution < -0.4 is 0 Å². The SMILES string of the molecule is C.CC(C)C(C)N(C)C(C)C.CC(C)CN(C)C(C)C.CC(C)N(C)C(C)(C)C.CC(C)N(C)C(C)(C)C(C)(C)C.CC(C)N(C)C(C)(C)C(C)(C)C.CC(C)N(C)C(C)(C)C(C)C.CC(C)N(C)C(C)(C)C(C)C.CC(C)N(C)C(C)C.CC(C)N(C)C(C)C(C)(C)C.CC(C)N(C)CC(C)(C)C.CCC(C)(C)N(C)C(C)C.CCC(C)N(C)C(C)C.CCCN(C)C(C)C. The van der Waals surface area contributed by atoms with Gasteiger partial charge in [0.25, 0.3) is 0 Å². The van der Waals surface area contributed by atoms with E-state index in [0.717, 1.165) is 17.9 Å². The lowest BCUT2D eigenvalue weighted by atomic mass is 9.75. The quantitative estimate of drug-likeness (QED) is 0.0643. The molecule has 13 nitrogen and oxygen atoms in total. The zero-order valence-electron chi connectivity index (χ0n) is 107. The summed E-state index contributed by atoms with van der Waals surface area (Å²) in [4.78, 5) is 31.1. The first-order chi connectivity index (χ1) is 57.0. The van der Waals surface area contributed by atoms with E-state index in [1.807, 2.05) is 0 Å². The second-order valence-corrected chi connectivity index (χ2v) is 52.8. The van der Waals surface area contributed by atoms with Gasteiger partial charge in [0.2, 0.25) is 0 Å². The minimum Gasteiger partial charge on any atom is -0.304 e. The maximum Gasteiger partial charge on any atom is 0.0201 e. The minimum absolute atomic E-state index is 0. The summed E-state index contributed by atoms with van der Waals surface area (Å²) in [7, 11) is 28.4. The third-order valence-electron chi connectivity index (χ3n) is 31.0. The molecule has 0 radical (unpaired) electrons. The van der Waals surface area contributed by atoms with Gasteiger partial charge in [0, 0.05) is 149 Å². The topological polar surface area (TPSA) is 42.1 Å². The van der Waals surface area contributed by atoms with Gasteiger partial charge in [-0.1, -0.05) is 167 Å². The smallest absolute Gasteiger partial charge is 0.0201 e. The first-order valence-corrected chi connectivity index (χ1v) is 53.4. The number of rotatable bonds is 32. The second-order valence-electron chi connectivity index (χ2n) is 52.8. The van der Waals surface area contributed by atoms with Crippen LogP contribution in [0.25, 0.3) is 0 Å². The fourth-order valence-electron chi connectivity index (χ4n) is 11.9. The molecule has 13 heteroatoms. The maximum atomic E-state index is 2.44. The molecule has 0 aliphatic rings. The molecule has 0 amide bonds. The molecule has 814 valence electrons. The summed E-state index contributed by atoms with van der Waals surface area (Å²) in [6.07, 6.45) is 3.71. The van der Waals surface area contributed by atoms with Gasteiger partial charge >= 0.3 is 0 Å². The molecule has 0 fully saturated rings.